The Kier molecular flexibility index (Phi) is 7.74. The van der Waals surface area contributed by atoms with E-state index >= 15 is 0 Å². The summed E-state index contributed by atoms with van der Waals surface area (Å²) in [5, 5.41) is 17.8. The number of aliphatic hydroxyl groups is 1. The van der Waals surface area contributed by atoms with E-state index in [1.165, 1.54) is 16.8 Å². The van der Waals surface area contributed by atoms with Gasteiger partial charge in [0.1, 0.15) is 18.5 Å². The molecule has 36 heavy (non-hydrogen) atoms. The van der Waals surface area contributed by atoms with Crippen molar-refractivity contribution < 1.29 is 27.8 Å². The molecular weight excluding hydrogens is 473 g/mol. The predicted molar refractivity (Wildman–Crippen MR) is 129 cm³/mol. The molecular formula is C26H25F3N4O3. The summed E-state index contributed by atoms with van der Waals surface area (Å²) in [5.74, 6) is 0.870. The molecule has 0 saturated heterocycles. The molecule has 10 heteroatoms. The number of aliphatic hydroxyl groups excluding tert-OH is 1. The van der Waals surface area contributed by atoms with E-state index in [0.29, 0.717) is 23.7 Å². The number of alkyl halides is 3. The molecule has 4 aromatic rings. The maximum Gasteiger partial charge on any atom is 0.416 e. The first-order chi connectivity index (χ1) is 17.3. The smallest absolute Gasteiger partial charge is 0.416 e. The number of ether oxygens (including phenoxy) is 2. The number of nitrogens with one attached hydrogen (secondary N) is 1. The highest BCUT2D eigenvalue weighted by atomic mass is 19.4. The minimum absolute atomic E-state index is 0.0526. The highest BCUT2D eigenvalue weighted by Crippen LogP contribution is 2.33. The van der Waals surface area contributed by atoms with Gasteiger partial charge in [0, 0.05) is 17.8 Å². The summed E-state index contributed by atoms with van der Waals surface area (Å²) in [6, 6.07) is 21.2. The van der Waals surface area contributed by atoms with Gasteiger partial charge in [0.05, 0.1) is 17.9 Å². The molecule has 1 atom stereocenters. The van der Waals surface area contributed by atoms with Crippen molar-refractivity contribution >= 4 is 5.69 Å². The fraction of sp³-hybridized carbons (Fsp3) is 0.231. The van der Waals surface area contributed by atoms with Crippen LogP contribution in [0.1, 0.15) is 12.5 Å². The summed E-state index contributed by atoms with van der Waals surface area (Å²) in [6.07, 6.45) is -5.26. The van der Waals surface area contributed by atoms with Crippen molar-refractivity contribution in [3.8, 4) is 28.8 Å². The lowest BCUT2D eigenvalue weighted by Crippen LogP contribution is -2.26. The van der Waals surface area contributed by atoms with Crippen LogP contribution >= 0.6 is 0 Å². The standard InChI is InChI=1S/C26H25F3N4O3/c1-2-35-25-31-24(18-8-6-9-19(14-18)26(27,28)29)33(32-25)21-11-7-10-20(15-21)30-16-22(34)17-36-23-12-4-3-5-13-23/h3-15,22,30,34H,2,16-17H2,1H3. The van der Waals surface area contributed by atoms with Crippen molar-refractivity contribution in [1.29, 1.82) is 0 Å². The fourth-order valence-electron chi connectivity index (χ4n) is 3.44. The zero-order valence-corrected chi connectivity index (χ0v) is 19.4. The number of aromatic nitrogens is 3. The maximum absolute atomic E-state index is 13.3. The summed E-state index contributed by atoms with van der Waals surface area (Å²) >= 11 is 0. The first kappa shape index (κ1) is 25.1. The topological polar surface area (TPSA) is 81.4 Å². The Balaban J connectivity index is 1.53. The van der Waals surface area contributed by atoms with Crippen molar-refractivity contribution in [2.75, 3.05) is 25.1 Å². The molecule has 0 radical (unpaired) electrons. The van der Waals surface area contributed by atoms with Gasteiger partial charge in [0.2, 0.25) is 0 Å². The maximum atomic E-state index is 13.3. The third-order valence-corrected chi connectivity index (χ3v) is 5.13. The van der Waals surface area contributed by atoms with Gasteiger partial charge < -0.3 is 19.9 Å². The molecule has 188 valence electrons. The molecule has 7 nitrogen and oxygen atoms in total. The lowest BCUT2D eigenvalue weighted by molar-refractivity contribution is -0.137. The molecule has 0 aliphatic heterocycles. The molecule has 0 amide bonds. The third-order valence-electron chi connectivity index (χ3n) is 5.13. The van der Waals surface area contributed by atoms with Crippen molar-refractivity contribution in [2.24, 2.45) is 0 Å². The molecule has 1 heterocycles. The molecule has 0 aliphatic carbocycles. The molecule has 0 saturated carbocycles. The second-order valence-corrected chi connectivity index (χ2v) is 7.85. The minimum atomic E-state index is -4.49. The lowest BCUT2D eigenvalue weighted by Gasteiger charge is -2.15. The number of nitrogens with zero attached hydrogens (tertiary/aromatic N) is 3. The average Bonchev–Trinajstić information content (AvgIpc) is 3.31. The van der Waals surface area contributed by atoms with E-state index < -0.39 is 17.8 Å². The van der Waals surface area contributed by atoms with Gasteiger partial charge in [-0.3, -0.25) is 0 Å². The molecule has 0 spiro atoms. The van der Waals surface area contributed by atoms with Crippen molar-refractivity contribution in [1.82, 2.24) is 14.8 Å². The van der Waals surface area contributed by atoms with E-state index in [1.807, 2.05) is 18.2 Å². The van der Waals surface area contributed by atoms with Gasteiger partial charge in [-0.15, -0.1) is 5.10 Å². The largest absolute Gasteiger partial charge is 0.491 e. The Bertz CT molecular complexity index is 1280. The predicted octanol–water partition coefficient (Wildman–Crippen LogP) is 5.20. The van der Waals surface area contributed by atoms with Crippen molar-refractivity contribution in [3.05, 3.63) is 84.4 Å². The summed E-state index contributed by atoms with van der Waals surface area (Å²) in [7, 11) is 0. The number of halogens is 3. The third kappa shape index (κ3) is 6.33. The highest BCUT2D eigenvalue weighted by molar-refractivity contribution is 5.61. The van der Waals surface area contributed by atoms with Gasteiger partial charge in [-0.1, -0.05) is 36.4 Å². The van der Waals surface area contributed by atoms with Crippen LogP contribution in [0.5, 0.6) is 11.8 Å². The van der Waals surface area contributed by atoms with E-state index in [-0.39, 0.29) is 30.5 Å². The van der Waals surface area contributed by atoms with Crippen molar-refractivity contribution in [2.45, 2.75) is 19.2 Å². The number of para-hydroxylation sites is 1. The Morgan fingerprint density at radius 3 is 2.50 bits per heavy atom. The summed E-state index contributed by atoms with van der Waals surface area (Å²) < 4.78 is 52.3. The summed E-state index contributed by atoms with van der Waals surface area (Å²) in [6.45, 7) is 2.40. The molecule has 0 bridgehead atoms. The molecule has 3 aromatic carbocycles. The number of hydrogen-bond donors (Lipinski definition) is 2. The van der Waals surface area contributed by atoms with Gasteiger partial charge in [-0.25, -0.2) is 4.68 Å². The number of benzene rings is 3. The SMILES string of the molecule is CCOc1nc(-c2cccc(C(F)(F)F)c2)n(-c2cccc(NCC(O)COc3ccccc3)c2)n1. The Morgan fingerprint density at radius 1 is 0.972 bits per heavy atom. The van der Waals surface area contributed by atoms with Crippen LogP contribution in [0.2, 0.25) is 0 Å². The van der Waals surface area contributed by atoms with Gasteiger partial charge in [0.25, 0.3) is 0 Å². The first-order valence-electron chi connectivity index (χ1n) is 11.3. The fourth-order valence-corrected chi connectivity index (χ4v) is 3.44. The number of hydrogen-bond acceptors (Lipinski definition) is 6. The van der Waals surface area contributed by atoms with Crippen LogP contribution in [-0.2, 0) is 6.18 Å². The van der Waals surface area contributed by atoms with E-state index in [9.17, 15) is 18.3 Å². The van der Waals surface area contributed by atoms with Crippen LogP contribution < -0.4 is 14.8 Å². The monoisotopic (exact) mass is 498 g/mol. The number of rotatable bonds is 10. The van der Waals surface area contributed by atoms with Crippen molar-refractivity contribution in [3.63, 3.8) is 0 Å². The summed E-state index contributed by atoms with van der Waals surface area (Å²) in [4.78, 5) is 4.31. The van der Waals surface area contributed by atoms with Gasteiger partial charge >= 0.3 is 12.2 Å². The molecule has 1 unspecified atom stereocenters. The molecule has 0 fully saturated rings. The second kappa shape index (κ2) is 11.1. The lowest BCUT2D eigenvalue weighted by atomic mass is 10.1. The van der Waals surface area contributed by atoms with Gasteiger partial charge in [-0.2, -0.15) is 18.2 Å². The second-order valence-electron chi connectivity index (χ2n) is 7.85. The van der Waals surface area contributed by atoms with E-state index in [4.69, 9.17) is 9.47 Å². The quantitative estimate of drug-likeness (QED) is 0.313. The highest BCUT2D eigenvalue weighted by Gasteiger charge is 2.31. The van der Waals surface area contributed by atoms with Crippen LogP contribution in [0.15, 0.2) is 78.9 Å². The Morgan fingerprint density at radius 2 is 1.75 bits per heavy atom. The van der Waals surface area contributed by atoms with Crippen LogP contribution in [0.4, 0.5) is 18.9 Å². The minimum Gasteiger partial charge on any atom is -0.491 e. The first-order valence-corrected chi connectivity index (χ1v) is 11.3. The van der Waals surface area contributed by atoms with Gasteiger partial charge in [0.15, 0.2) is 5.82 Å². The van der Waals surface area contributed by atoms with Crippen LogP contribution in [0.3, 0.4) is 0 Å². The normalized spacial score (nSPS) is 12.2. The van der Waals surface area contributed by atoms with E-state index in [0.717, 1.165) is 12.1 Å². The molecule has 0 aliphatic rings. The molecule has 1 aromatic heterocycles. The Labute approximate surface area is 206 Å². The molecule has 4 rings (SSSR count). The van der Waals surface area contributed by atoms with Crippen LogP contribution in [0, 0.1) is 0 Å². The number of anilines is 1. The average molecular weight is 499 g/mol. The zero-order valence-electron chi connectivity index (χ0n) is 19.4. The van der Waals surface area contributed by atoms with E-state index in [1.54, 1.807) is 43.3 Å². The van der Waals surface area contributed by atoms with Gasteiger partial charge in [-0.05, 0) is 49.4 Å². The van der Waals surface area contributed by atoms with E-state index in [2.05, 4.69) is 15.4 Å². The summed E-state index contributed by atoms with van der Waals surface area (Å²) in [5.41, 5.74) is 0.695. The molecule has 2 N–H and O–H groups in total. The van der Waals surface area contributed by atoms with Crippen LogP contribution in [-0.4, -0.2) is 45.7 Å². The Hall–Kier alpha value is -4.05. The zero-order chi connectivity index (χ0) is 25.5. The van der Waals surface area contributed by atoms with Crippen LogP contribution in [0.25, 0.3) is 17.1 Å².